The minimum absolute atomic E-state index is 0.00000283. The summed E-state index contributed by atoms with van der Waals surface area (Å²) in [7, 11) is 5.22. The van der Waals surface area contributed by atoms with E-state index in [1.54, 1.807) is 44.4 Å². The molecule has 1 amide bonds. The molecule has 17 heavy (non-hydrogen) atoms. The van der Waals surface area contributed by atoms with E-state index in [9.17, 15) is 4.79 Å². The van der Waals surface area contributed by atoms with Gasteiger partial charge in [-0.3, -0.25) is 4.79 Å². The van der Waals surface area contributed by atoms with Crippen LogP contribution in [0, 0.1) is 0 Å². The van der Waals surface area contributed by atoms with Crippen LogP contribution < -0.4 is 5.32 Å². The first kappa shape index (κ1) is 13.4. The van der Waals surface area contributed by atoms with Gasteiger partial charge in [0.25, 0.3) is 5.91 Å². The van der Waals surface area contributed by atoms with Gasteiger partial charge in [0.2, 0.25) is 0 Å². The third-order valence-corrected chi connectivity index (χ3v) is 2.45. The molecule has 0 aliphatic carbocycles. The van der Waals surface area contributed by atoms with Crippen molar-refractivity contribution >= 4 is 11.7 Å². The molecule has 1 rings (SSSR count). The average Bonchev–Trinajstić information content (AvgIpc) is 2.38. The summed E-state index contributed by atoms with van der Waals surface area (Å²) in [6, 6.07) is 3.46. The van der Waals surface area contributed by atoms with Crippen LogP contribution in [0.3, 0.4) is 0 Å². The highest BCUT2D eigenvalue weighted by atomic mass is 16.5. The van der Waals surface area contributed by atoms with E-state index >= 15 is 0 Å². The van der Waals surface area contributed by atoms with Crippen LogP contribution in [-0.4, -0.2) is 50.1 Å². The summed E-state index contributed by atoms with van der Waals surface area (Å²) >= 11 is 0. The van der Waals surface area contributed by atoms with Crippen LogP contribution in [0.2, 0.25) is 0 Å². The van der Waals surface area contributed by atoms with Gasteiger partial charge in [0.1, 0.15) is 5.82 Å². The molecule has 1 aromatic rings. The van der Waals surface area contributed by atoms with Crippen LogP contribution in [0.5, 0.6) is 0 Å². The van der Waals surface area contributed by atoms with Crippen molar-refractivity contribution < 1.29 is 9.53 Å². The van der Waals surface area contributed by atoms with E-state index in [2.05, 4.69) is 10.3 Å². The number of aromatic nitrogens is 1. The maximum atomic E-state index is 12.0. The highest BCUT2D eigenvalue weighted by molar-refractivity contribution is 5.94. The van der Waals surface area contributed by atoms with E-state index in [0.29, 0.717) is 24.5 Å². The van der Waals surface area contributed by atoms with E-state index in [1.165, 1.54) is 0 Å². The predicted octanol–water partition coefficient (Wildman–Crippen LogP) is 1.23. The molecule has 0 bridgehead atoms. The number of rotatable bonds is 6. The van der Waals surface area contributed by atoms with E-state index in [0.717, 1.165) is 6.42 Å². The van der Waals surface area contributed by atoms with Gasteiger partial charge >= 0.3 is 0 Å². The van der Waals surface area contributed by atoms with Gasteiger partial charge in [-0.15, -0.1) is 0 Å². The smallest absolute Gasteiger partial charge is 0.253 e. The Kier molecular flexibility index (Phi) is 5.42. The maximum absolute atomic E-state index is 12.0. The van der Waals surface area contributed by atoms with E-state index in [1.807, 2.05) is 0 Å². The van der Waals surface area contributed by atoms with Crippen LogP contribution in [0.15, 0.2) is 18.3 Å². The van der Waals surface area contributed by atoms with Gasteiger partial charge in [-0.2, -0.15) is 0 Å². The standard InChI is InChI=1S/C12H19N3O2/c1-13-11-9-10(5-6-14-11)12(16)15(2)7-4-8-17-3/h5-6,9H,4,7-8H2,1-3H3,(H,13,14). The number of carbonyl (C=O) groups excluding carboxylic acids is 1. The highest BCUT2D eigenvalue weighted by Crippen LogP contribution is 2.08. The van der Waals surface area contributed by atoms with Crippen LogP contribution >= 0.6 is 0 Å². The van der Waals surface area contributed by atoms with E-state index in [-0.39, 0.29) is 5.91 Å². The molecule has 0 atom stereocenters. The fraction of sp³-hybridized carbons (Fsp3) is 0.500. The molecule has 94 valence electrons. The van der Waals surface area contributed by atoms with Crippen molar-refractivity contribution in [3.63, 3.8) is 0 Å². The summed E-state index contributed by atoms with van der Waals surface area (Å²) in [5.74, 6) is 0.696. The second-order valence-corrected chi connectivity index (χ2v) is 3.75. The largest absolute Gasteiger partial charge is 0.385 e. The summed E-state index contributed by atoms with van der Waals surface area (Å²) in [4.78, 5) is 17.8. The minimum atomic E-state index is 0.00000283. The van der Waals surface area contributed by atoms with Crippen molar-refractivity contribution in [1.29, 1.82) is 0 Å². The Hall–Kier alpha value is -1.62. The molecule has 0 fully saturated rings. The molecule has 0 aromatic carbocycles. The number of hydrogen-bond acceptors (Lipinski definition) is 4. The number of amides is 1. The fourth-order valence-electron chi connectivity index (χ4n) is 1.47. The van der Waals surface area contributed by atoms with Crippen LogP contribution in [0.1, 0.15) is 16.8 Å². The van der Waals surface area contributed by atoms with Crippen LogP contribution in [0.25, 0.3) is 0 Å². The van der Waals surface area contributed by atoms with Gasteiger partial charge in [0, 0.05) is 46.1 Å². The van der Waals surface area contributed by atoms with Gasteiger partial charge in [-0.25, -0.2) is 4.98 Å². The van der Waals surface area contributed by atoms with Crippen LogP contribution in [-0.2, 0) is 4.74 Å². The molecule has 1 N–H and O–H groups in total. The Morgan fingerprint density at radius 2 is 2.35 bits per heavy atom. The molecule has 0 aliphatic heterocycles. The number of methoxy groups -OCH3 is 1. The zero-order valence-electron chi connectivity index (χ0n) is 10.6. The topological polar surface area (TPSA) is 54.5 Å². The summed E-state index contributed by atoms with van der Waals surface area (Å²) in [5, 5.41) is 2.91. The van der Waals surface area contributed by atoms with Gasteiger partial charge in [-0.1, -0.05) is 0 Å². The zero-order chi connectivity index (χ0) is 12.7. The summed E-state index contributed by atoms with van der Waals surface area (Å²) in [6.45, 7) is 1.35. The molecule has 1 heterocycles. The van der Waals surface area contributed by atoms with Gasteiger partial charge in [-0.05, 0) is 18.6 Å². The second-order valence-electron chi connectivity index (χ2n) is 3.75. The Bertz CT molecular complexity index is 369. The molecule has 0 spiro atoms. The molecule has 0 radical (unpaired) electrons. The molecule has 5 nitrogen and oxygen atoms in total. The molecule has 0 aliphatic rings. The SMILES string of the molecule is CNc1cc(C(=O)N(C)CCCOC)ccn1. The van der Waals surface area contributed by atoms with Crippen molar-refractivity contribution in [2.75, 3.05) is 39.7 Å². The molecule has 0 saturated carbocycles. The number of hydrogen-bond donors (Lipinski definition) is 1. The first-order valence-corrected chi connectivity index (χ1v) is 5.57. The van der Waals surface area contributed by atoms with Gasteiger partial charge in [0.05, 0.1) is 0 Å². The number of pyridine rings is 1. The van der Waals surface area contributed by atoms with E-state index in [4.69, 9.17) is 4.74 Å². The first-order valence-electron chi connectivity index (χ1n) is 5.57. The maximum Gasteiger partial charge on any atom is 0.253 e. The Labute approximate surface area is 102 Å². The van der Waals surface area contributed by atoms with Crippen molar-refractivity contribution in [2.45, 2.75) is 6.42 Å². The molecule has 0 saturated heterocycles. The van der Waals surface area contributed by atoms with Gasteiger partial charge in [0.15, 0.2) is 0 Å². The Morgan fingerprint density at radius 1 is 1.59 bits per heavy atom. The Morgan fingerprint density at radius 3 is 3.00 bits per heavy atom. The molecule has 1 aromatic heterocycles. The lowest BCUT2D eigenvalue weighted by Crippen LogP contribution is -2.28. The van der Waals surface area contributed by atoms with Gasteiger partial charge < -0.3 is 15.0 Å². The van der Waals surface area contributed by atoms with E-state index < -0.39 is 0 Å². The lowest BCUT2D eigenvalue weighted by molar-refractivity contribution is 0.0779. The molecular formula is C12H19N3O2. The third kappa shape index (κ3) is 4.03. The molecular weight excluding hydrogens is 218 g/mol. The quantitative estimate of drug-likeness (QED) is 0.756. The molecule has 0 unspecified atom stereocenters. The Balaban J connectivity index is 2.61. The molecule has 5 heteroatoms. The highest BCUT2D eigenvalue weighted by Gasteiger charge is 2.11. The number of nitrogens with zero attached hydrogens (tertiary/aromatic N) is 2. The van der Waals surface area contributed by atoms with Crippen molar-refractivity contribution in [3.8, 4) is 0 Å². The van der Waals surface area contributed by atoms with Crippen molar-refractivity contribution in [2.24, 2.45) is 0 Å². The second kappa shape index (κ2) is 6.85. The van der Waals surface area contributed by atoms with Crippen molar-refractivity contribution in [3.05, 3.63) is 23.9 Å². The number of carbonyl (C=O) groups is 1. The normalized spacial score (nSPS) is 10.1. The number of nitrogens with one attached hydrogen (secondary N) is 1. The average molecular weight is 237 g/mol. The fourth-order valence-corrected chi connectivity index (χ4v) is 1.47. The number of anilines is 1. The monoisotopic (exact) mass is 237 g/mol. The van der Waals surface area contributed by atoms with Crippen LogP contribution in [0.4, 0.5) is 5.82 Å². The predicted molar refractivity (Wildman–Crippen MR) is 67.2 cm³/mol. The first-order chi connectivity index (χ1) is 8.19. The lowest BCUT2D eigenvalue weighted by Gasteiger charge is -2.17. The third-order valence-electron chi connectivity index (χ3n) is 2.45. The minimum Gasteiger partial charge on any atom is -0.385 e. The summed E-state index contributed by atoms with van der Waals surface area (Å²) < 4.78 is 4.96. The zero-order valence-corrected chi connectivity index (χ0v) is 10.6. The summed E-state index contributed by atoms with van der Waals surface area (Å²) in [5.41, 5.74) is 0.643. The summed E-state index contributed by atoms with van der Waals surface area (Å²) in [6.07, 6.45) is 2.46. The van der Waals surface area contributed by atoms with Crippen molar-refractivity contribution in [1.82, 2.24) is 9.88 Å². The lowest BCUT2D eigenvalue weighted by atomic mass is 10.2. The number of ether oxygens (including phenoxy) is 1.